The van der Waals surface area contributed by atoms with Crippen LogP contribution in [0, 0.1) is 17.3 Å². The molecule has 27 heavy (non-hydrogen) atoms. The number of hydrogen-bond donors (Lipinski definition) is 3. The van der Waals surface area contributed by atoms with Gasteiger partial charge in [-0.15, -0.1) is 0 Å². The van der Waals surface area contributed by atoms with Gasteiger partial charge in [-0.25, -0.2) is 0 Å². The van der Waals surface area contributed by atoms with Crippen LogP contribution in [0.2, 0.25) is 0 Å². The number of carbonyl (C=O) groups is 3. The SMILES string of the molecule is CC1(C)[C@H](C(=O)O)[C@@H]1C(=O)Nc1cccc(C(=O)NCc2ccccc2)c1. The van der Waals surface area contributed by atoms with Gasteiger partial charge in [-0.3, -0.25) is 14.4 Å². The van der Waals surface area contributed by atoms with E-state index in [2.05, 4.69) is 10.6 Å². The van der Waals surface area contributed by atoms with Gasteiger partial charge in [0.2, 0.25) is 5.91 Å². The van der Waals surface area contributed by atoms with E-state index in [0.29, 0.717) is 17.8 Å². The number of rotatable bonds is 6. The third-order valence-corrected chi connectivity index (χ3v) is 5.06. The number of carboxylic acid groups (broad SMARTS) is 1. The molecule has 6 nitrogen and oxygen atoms in total. The molecular formula is C21H22N2O4. The highest BCUT2D eigenvalue weighted by atomic mass is 16.4. The smallest absolute Gasteiger partial charge is 0.307 e. The van der Waals surface area contributed by atoms with E-state index < -0.39 is 23.2 Å². The van der Waals surface area contributed by atoms with Crippen molar-refractivity contribution in [1.29, 1.82) is 0 Å². The fourth-order valence-electron chi connectivity index (χ4n) is 3.43. The molecule has 0 heterocycles. The molecule has 0 radical (unpaired) electrons. The molecule has 0 saturated heterocycles. The van der Waals surface area contributed by atoms with E-state index in [9.17, 15) is 19.5 Å². The minimum Gasteiger partial charge on any atom is -0.481 e. The van der Waals surface area contributed by atoms with E-state index in [4.69, 9.17) is 0 Å². The van der Waals surface area contributed by atoms with Crippen molar-refractivity contribution in [2.24, 2.45) is 17.3 Å². The summed E-state index contributed by atoms with van der Waals surface area (Å²) in [6.07, 6.45) is 0. The zero-order valence-electron chi connectivity index (χ0n) is 15.2. The van der Waals surface area contributed by atoms with Crippen molar-refractivity contribution in [1.82, 2.24) is 5.32 Å². The zero-order valence-corrected chi connectivity index (χ0v) is 15.2. The Labute approximate surface area is 157 Å². The van der Waals surface area contributed by atoms with Gasteiger partial charge < -0.3 is 15.7 Å². The molecule has 1 saturated carbocycles. The quantitative estimate of drug-likeness (QED) is 0.732. The molecule has 1 fully saturated rings. The maximum atomic E-state index is 12.4. The summed E-state index contributed by atoms with van der Waals surface area (Å²) in [5.41, 5.74) is 1.32. The first-order valence-electron chi connectivity index (χ1n) is 8.76. The van der Waals surface area contributed by atoms with E-state index >= 15 is 0 Å². The predicted octanol–water partition coefficient (Wildman–Crippen LogP) is 2.91. The van der Waals surface area contributed by atoms with Gasteiger partial charge in [0.1, 0.15) is 0 Å². The average molecular weight is 366 g/mol. The summed E-state index contributed by atoms with van der Waals surface area (Å²) in [6, 6.07) is 16.2. The van der Waals surface area contributed by atoms with Crippen molar-refractivity contribution in [2.45, 2.75) is 20.4 Å². The first kappa shape index (κ1) is 18.6. The van der Waals surface area contributed by atoms with Crippen LogP contribution in [-0.4, -0.2) is 22.9 Å². The predicted molar refractivity (Wildman–Crippen MR) is 101 cm³/mol. The van der Waals surface area contributed by atoms with Crippen LogP contribution >= 0.6 is 0 Å². The molecule has 2 atom stereocenters. The number of anilines is 1. The molecule has 140 valence electrons. The summed E-state index contributed by atoms with van der Waals surface area (Å²) in [6.45, 7) is 3.94. The van der Waals surface area contributed by atoms with Crippen molar-refractivity contribution in [3.63, 3.8) is 0 Å². The number of carbonyl (C=O) groups excluding carboxylic acids is 2. The van der Waals surface area contributed by atoms with Crippen LogP contribution in [-0.2, 0) is 16.1 Å². The standard InChI is InChI=1S/C21H22N2O4/c1-21(2)16(17(21)20(26)27)19(25)23-15-10-6-9-14(11-15)18(24)22-12-13-7-4-3-5-8-13/h3-11,16-17H,12H2,1-2H3,(H,22,24)(H,23,25)(H,26,27)/t16-,17+/m1/s1. The van der Waals surface area contributed by atoms with Crippen molar-refractivity contribution < 1.29 is 19.5 Å². The summed E-state index contributed by atoms with van der Waals surface area (Å²) >= 11 is 0. The number of benzene rings is 2. The first-order valence-corrected chi connectivity index (χ1v) is 8.76. The number of carboxylic acids is 1. The lowest BCUT2D eigenvalue weighted by Gasteiger charge is -2.09. The first-order chi connectivity index (χ1) is 12.8. The summed E-state index contributed by atoms with van der Waals surface area (Å²) in [4.78, 5) is 36.0. The van der Waals surface area contributed by atoms with Crippen molar-refractivity contribution in [3.05, 3.63) is 65.7 Å². The number of hydrogen-bond acceptors (Lipinski definition) is 3. The molecule has 0 spiro atoms. The molecule has 1 aliphatic carbocycles. The van der Waals surface area contributed by atoms with E-state index in [0.717, 1.165) is 5.56 Å². The second kappa shape index (κ2) is 7.23. The van der Waals surface area contributed by atoms with Crippen molar-refractivity contribution in [3.8, 4) is 0 Å². The van der Waals surface area contributed by atoms with Crippen LogP contribution < -0.4 is 10.6 Å². The van der Waals surface area contributed by atoms with Gasteiger partial charge in [0, 0.05) is 17.8 Å². The lowest BCUT2D eigenvalue weighted by Crippen LogP contribution is -2.23. The number of nitrogens with one attached hydrogen (secondary N) is 2. The largest absolute Gasteiger partial charge is 0.481 e. The molecule has 1 aliphatic rings. The lowest BCUT2D eigenvalue weighted by molar-refractivity contribution is -0.140. The minimum atomic E-state index is -0.964. The molecule has 2 aromatic carbocycles. The average Bonchev–Trinajstić information content (AvgIpc) is 3.23. The number of aliphatic carboxylic acids is 1. The van der Waals surface area contributed by atoms with E-state index in [-0.39, 0.29) is 11.8 Å². The second-order valence-corrected chi connectivity index (χ2v) is 7.35. The Morgan fingerprint density at radius 1 is 1.00 bits per heavy atom. The maximum Gasteiger partial charge on any atom is 0.307 e. The van der Waals surface area contributed by atoms with E-state index in [1.807, 2.05) is 30.3 Å². The van der Waals surface area contributed by atoms with Gasteiger partial charge in [-0.1, -0.05) is 50.2 Å². The fraction of sp³-hybridized carbons (Fsp3) is 0.286. The van der Waals surface area contributed by atoms with Gasteiger partial charge in [0.15, 0.2) is 0 Å². The Balaban J connectivity index is 1.63. The molecule has 6 heteroatoms. The highest BCUT2D eigenvalue weighted by Gasteiger charge is 2.65. The number of amides is 2. The minimum absolute atomic E-state index is 0.245. The fourth-order valence-corrected chi connectivity index (χ4v) is 3.43. The molecule has 3 rings (SSSR count). The van der Waals surface area contributed by atoms with Gasteiger partial charge in [-0.2, -0.15) is 0 Å². The van der Waals surface area contributed by atoms with Gasteiger partial charge >= 0.3 is 5.97 Å². The molecule has 0 aromatic heterocycles. The zero-order chi connectivity index (χ0) is 19.6. The van der Waals surface area contributed by atoms with E-state index in [1.165, 1.54) is 0 Å². The molecule has 2 amide bonds. The van der Waals surface area contributed by atoms with Crippen LogP contribution in [0.15, 0.2) is 54.6 Å². The highest BCUT2D eigenvalue weighted by molar-refractivity contribution is 6.01. The van der Waals surface area contributed by atoms with Crippen LogP contribution in [0.1, 0.15) is 29.8 Å². The summed E-state index contributed by atoms with van der Waals surface area (Å²) in [5.74, 6) is -2.81. The summed E-state index contributed by atoms with van der Waals surface area (Å²) in [7, 11) is 0. The normalized spacial score (nSPS) is 19.8. The Morgan fingerprint density at radius 3 is 2.33 bits per heavy atom. The Kier molecular flexibility index (Phi) is 4.99. The maximum absolute atomic E-state index is 12.4. The van der Waals surface area contributed by atoms with Gasteiger partial charge in [0.25, 0.3) is 5.91 Å². The summed E-state index contributed by atoms with van der Waals surface area (Å²) < 4.78 is 0. The third kappa shape index (κ3) is 4.00. The summed E-state index contributed by atoms with van der Waals surface area (Å²) in [5, 5.41) is 14.8. The highest BCUT2D eigenvalue weighted by Crippen LogP contribution is 2.58. The van der Waals surface area contributed by atoms with Crippen LogP contribution in [0.4, 0.5) is 5.69 Å². The third-order valence-electron chi connectivity index (χ3n) is 5.06. The monoisotopic (exact) mass is 366 g/mol. The molecule has 0 unspecified atom stereocenters. The van der Waals surface area contributed by atoms with E-state index in [1.54, 1.807) is 38.1 Å². The lowest BCUT2D eigenvalue weighted by atomic mass is 10.1. The molecule has 0 bridgehead atoms. The molecule has 0 aliphatic heterocycles. The topological polar surface area (TPSA) is 95.5 Å². The Morgan fingerprint density at radius 2 is 1.70 bits per heavy atom. The molecule has 3 N–H and O–H groups in total. The van der Waals surface area contributed by atoms with Crippen molar-refractivity contribution in [2.75, 3.05) is 5.32 Å². The van der Waals surface area contributed by atoms with Crippen molar-refractivity contribution >= 4 is 23.5 Å². The second-order valence-electron chi connectivity index (χ2n) is 7.35. The van der Waals surface area contributed by atoms with Gasteiger partial charge in [0.05, 0.1) is 11.8 Å². The Hall–Kier alpha value is -3.15. The van der Waals surface area contributed by atoms with Crippen LogP contribution in [0.5, 0.6) is 0 Å². The van der Waals surface area contributed by atoms with Crippen LogP contribution in [0.3, 0.4) is 0 Å². The van der Waals surface area contributed by atoms with Gasteiger partial charge in [-0.05, 0) is 29.2 Å². The Bertz CT molecular complexity index is 877. The molecular weight excluding hydrogens is 344 g/mol. The molecule has 2 aromatic rings. The van der Waals surface area contributed by atoms with Crippen LogP contribution in [0.25, 0.3) is 0 Å².